The van der Waals surface area contributed by atoms with E-state index in [1.165, 1.54) is 0 Å². The van der Waals surface area contributed by atoms with Crippen molar-refractivity contribution < 1.29 is 4.79 Å². The van der Waals surface area contributed by atoms with E-state index >= 15 is 0 Å². The van der Waals surface area contributed by atoms with Crippen LogP contribution in [0.3, 0.4) is 0 Å². The van der Waals surface area contributed by atoms with E-state index in [-0.39, 0.29) is 30.3 Å². The minimum Gasteiger partial charge on any atom is -0.369 e. The van der Waals surface area contributed by atoms with Crippen LogP contribution in [-0.2, 0) is 4.79 Å². The summed E-state index contributed by atoms with van der Waals surface area (Å²) >= 11 is 0. The maximum atomic E-state index is 11.1. The predicted molar refractivity (Wildman–Crippen MR) is 57.0 cm³/mol. The second-order valence-electron chi connectivity index (χ2n) is 4.26. The SMILES string of the molecule is Cl.NC(=O)C1CNC2CCC(N)CC21. The number of hydrogen-bond donors (Lipinski definition) is 3. The molecule has 2 fully saturated rings. The molecule has 0 spiro atoms. The first-order valence-corrected chi connectivity index (χ1v) is 4.96. The highest BCUT2D eigenvalue weighted by Gasteiger charge is 2.41. The molecule has 4 nitrogen and oxygen atoms in total. The summed E-state index contributed by atoms with van der Waals surface area (Å²) < 4.78 is 0. The van der Waals surface area contributed by atoms with E-state index in [0.717, 1.165) is 25.8 Å². The molecule has 0 aromatic heterocycles. The third-order valence-corrected chi connectivity index (χ3v) is 3.42. The van der Waals surface area contributed by atoms with Crippen molar-refractivity contribution in [1.82, 2.24) is 5.32 Å². The summed E-state index contributed by atoms with van der Waals surface area (Å²) in [6.45, 7) is 0.747. The summed E-state index contributed by atoms with van der Waals surface area (Å²) in [6.07, 6.45) is 3.11. The number of nitrogens with one attached hydrogen (secondary N) is 1. The number of halogens is 1. The van der Waals surface area contributed by atoms with Crippen molar-refractivity contribution in [2.45, 2.75) is 31.3 Å². The number of fused-ring (bicyclic) bond motifs is 1. The van der Waals surface area contributed by atoms with Crippen LogP contribution in [0, 0.1) is 11.8 Å². The highest BCUT2D eigenvalue weighted by Crippen LogP contribution is 2.33. The van der Waals surface area contributed by atoms with Crippen molar-refractivity contribution in [3.63, 3.8) is 0 Å². The lowest BCUT2D eigenvalue weighted by Gasteiger charge is -2.31. The Labute approximate surface area is 90.2 Å². The standard InChI is InChI=1S/C9H17N3O.ClH/c10-5-1-2-8-6(3-5)7(4-12-8)9(11)13;/h5-8,12H,1-4,10H2,(H2,11,13);1H. The maximum absolute atomic E-state index is 11.1. The fourth-order valence-electron chi connectivity index (χ4n) is 2.68. The molecule has 5 heteroatoms. The van der Waals surface area contributed by atoms with Gasteiger partial charge >= 0.3 is 0 Å². The van der Waals surface area contributed by atoms with Crippen molar-refractivity contribution in [3.05, 3.63) is 0 Å². The Kier molecular flexibility index (Phi) is 3.75. The molecule has 82 valence electrons. The Bertz CT molecular complexity index is 224. The largest absolute Gasteiger partial charge is 0.369 e. The van der Waals surface area contributed by atoms with Crippen LogP contribution >= 0.6 is 12.4 Å². The molecule has 1 saturated heterocycles. The van der Waals surface area contributed by atoms with Gasteiger partial charge < -0.3 is 16.8 Å². The number of primary amides is 1. The lowest BCUT2D eigenvalue weighted by atomic mass is 9.77. The van der Waals surface area contributed by atoms with Gasteiger partial charge in [-0.25, -0.2) is 0 Å². The number of carbonyl (C=O) groups is 1. The fourth-order valence-corrected chi connectivity index (χ4v) is 2.68. The molecule has 0 aromatic rings. The van der Waals surface area contributed by atoms with Crippen molar-refractivity contribution >= 4 is 18.3 Å². The molecular formula is C9H18ClN3O. The lowest BCUT2D eigenvalue weighted by Crippen LogP contribution is -2.41. The zero-order valence-electron chi connectivity index (χ0n) is 8.11. The molecule has 2 aliphatic rings. The van der Waals surface area contributed by atoms with Gasteiger partial charge in [0.2, 0.25) is 5.91 Å². The molecule has 0 radical (unpaired) electrons. The molecule has 0 aromatic carbocycles. The van der Waals surface area contributed by atoms with E-state index in [1.54, 1.807) is 0 Å². The fraction of sp³-hybridized carbons (Fsp3) is 0.889. The Balaban J connectivity index is 0.000000980. The number of nitrogens with two attached hydrogens (primary N) is 2. The monoisotopic (exact) mass is 219 g/mol. The molecule has 1 aliphatic carbocycles. The summed E-state index contributed by atoms with van der Waals surface area (Å²) in [5.74, 6) is 0.228. The summed E-state index contributed by atoms with van der Waals surface area (Å²) in [6, 6.07) is 0.750. The van der Waals surface area contributed by atoms with Crippen molar-refractivity contribution in [2.75, 3.05) is 6.54 Å². The molecule has 4 unspecified atom stereocenters. The number of rotatable bonds is 1. The Morgan fingerprint density at radius 3 is 2.71 bits per heavy atom. The van der Waals surface area contributed by atoms with E-state index in [1.807, 2.05) is 0 Å². The van der Waals surface area contributed by atoms with Crippen LogP contribution in [0.2, 0.25) is 0 Å². The van der Waals surface area contributed by atoms with Crippen LogP contribution in [0.25, 0.3) is 0 Å². The average molecular weight is 220 g/mol. The highest BCUT2D eigenvalue weighted by atomic mass is 35.5. The quantitative estimate of drug-likeness (QED) is 0.562. The summed E-state index contributed by atoms with van der Waals surface area (Å²) in [5, 5.41) is 3.35. The molecule has 14 heavy (non-hydrogen) atoms. The molecule has 1 aliphatic heterocycles. The number of hydrogen-bond acceptors (Lipinski definition) is 3. The molecule has 1 amide bonds. The molecule has 5 N–H and O–H groups in total. The Morgan fingerprint density at radius 2 is 2.07 bits per heavy atom. The average Bonchev–Trinajstić information content (AvgIpc) is 2.46. The Hall–Kier alpha value is -0.320. The lowest BCUT2D eigenvalue weighted by molar-refractivity contribution is -0.122. The predicted octanol–water partition coefficient (Wildman–Crippen LogP) is -0.391. The minimum atomic E-state index is -0.172. The summed E-state index contributed by atoms with van der Waals surface area (Å²) in [4.78, 5) is 11.1. The number of carbonyl (C=O) groups excluding carboxylic acids is 1. The third kappa shape index (κ3) is 2.02. The van der Waals surface area contributed by atoms with Crippen molar-refractivity contribution in [1.29, 1.82) is 0 Å². The first-order valence-electron chi connectivity index (χ1n) is 4.96. The normalized spacial score (nSPS) is 41.2. The van der Waals surface area contributed by atoms with Crippen LogP contribution in [0.5, 0.6) is 0 Å². The first-order chi connectivity index (χ1) is 6.18. The topological polar surface area (TPSA) is 81.1 Å². The van der Waals surface area contributed by atoms with Crippen LogP contribution in [0.15, 0.2) is 0 Å². The van der Waals surface area contributed by atoms with Crippen LogP contribution in [0.4, 0.5) is 0 Å². The van der Waals surface area contributed by atoms with E-state index in [9.17, 15) is 4.79 Å². The van der Waals surface area contributed by atoms with Gasteiger partial charge in [0.25, 0.3) is 0 Å². The minimum absolute atomic E-state index is 0. The first kappa shape index (κ1) is 11.8. The summed E-state index contributed by atoms with van der Waals surface area (Å²) in [7, 11) is 0. The van der Waals surface area contributed by atoms with Gasteiger partial charge in [-0.3, -0.25) is 4.79 Å². The van der Waals surface area contributed by atoms with Gasteiger partial charge in [0.1, 0.15) is 0 Å². The zero-order valence-corrected chi connectivity index (χ0v) is 8.93. The van der Waals surface area contributed by atoms with Crippen LogP contribution in [-0.4, -0.2) is 24.5 Å². The van der Waals surface area contributed by atoms with Crippen molar-refractivity contribution in [2.24, 2.45) is 23.3 Å². The van der Waals surface area contributed by atoms with E-state index < -0.39 is 0 Å². The Morgan fingerprint density at radius 1 is 1.36 bits per heavy atom. The van der Waals surface area contributed by atoms with Crippen LogP contribution in [0.1, 0.15) is 19.3 Å². The van der Waals surface area contributed by atoms with Gasteiger partial charge in [-0.05, 0) is 25.2 Å². The molecular weight excluding hydrogens is 202 g/mol. The van der Waals surface area contributed by atoms with Gasteiger partial charge in [-0.15, -0.1) is 12.4 Å². The van der Waals surface area contributed by atoms with Crippen molar-refractivity contribution in [3.8, 4) is 0 Å². The van der Waals surface area contributed by atoms with Gasteiger partial charge in [0, 0.05) is 18.6 Å². The van der Waals surface area contributed by atoms with Gasteiger partial charge in [-0.2, -0.15) is 0 Å². The molecule has 4 atom stereocenters. The van der Waals surface area contributed by atoms with E-state index in [0.29, 0.717) is 12.0 Å². The maximum Gasteiger partial charge on any atom is 0.222 e. The zero-order chi connectivity index (χ0) is 9.42. The van der Waals surface area contributed by atoms with E-state index in [4.69, 9.17) is 11.5 Å². The smallest absolute Gasteiger partial charge is 0.222 e. The molecule has 0 bridgehead atoms. The third-order valence-electron chi connectivity index (χ3n) is 3.42. The summed E-state index contributed by atoms with van der Waals surface area (Å²) in [5.41, 5.74) is 11.2. The highest BCUT2D eigenvalue weighted by molar-refractivity contribution is 5.85. The second kappa shape index (κ2) is 4.47. The second-order valence-corrected chi connectivity index (χ2v) is 4.26. The molecule has 1 saturated carbocycles. The van der Waals surface area contributed by atoms with Gasteiger partial charge in [0.05, 0.1) is 5.92 Å². The molecule has 2 rings (SSSR count). The number of amides is 1. The van der Waals surface area contributed by atoms with Gasteiger partial charge in [-0.1, -0.05) is 0 Å². The van der Waals surface area contributed by atoms with Gasteiger partial charge in [0.15, 0.2) is 0 Å². The van der Waals surface area contributed by atoms with E-state index in [2.05, 4.69) is 5.32 Å². The molecule has 1 heterocycles. The van der Waals surface area contributed by atoms with Crippen LogP contribution < -0.4 is 16.8 Å².